The second kappa shape index (κ2) is 7.38. The summed E-state index contributed by atoms with van der Waals surface area (Å²) >= 11 is 0. The first-order valence-corrected chi connectivity index (χ1v) is 7.44. The number of carbonyl (C=O) groups excluding carboxylic acids is 1. The van der Waals surface area contributed by atoms with Crippen LogP contribution in [0.1, 0.15) is 31.9 Å². The molecule has 0 aromatic heterocycles. The second-order valence-electron chi connectivity index (χ2n) is 5.63. The third kappa shape index (κ3) is 4.69. The minimum absolute atomic E-state index is 0.289. The molecule has 0 spiro atoms. The van der Waals surface area contributed by atoms with Crippen LogP contribution in [0.4, 0.5) is 0 Å². The Kier molecular flexibility index (Phi) is 5.53. The topological polar surface area (TPSA) is 41.6 Å². The van der Waals surface area contributed by atoms with E-state index in [0.717, 1.165) is 32.6 Å². The second-order valence-corrected chi connectivity index (χ2v) is 5.63. The van der Waals surface area contributed by atoms with Crippen LogP contribution < -0.4 is 10.1 Å². The summed E-state index contributed by atoms with van der Waals surface area (Å²) in [5.74, 6) is 0.309. The summed E-state index contributed by atoms with van der Waals surface area (Å²) in [5.41, 5.74) is 2.43. The molecule has 0 amide bonds. The van der Waals surface area contributed by atoms with E-state index in [0.29, 0.717) is 11.8 Å². The third-order valence-corrected chi connectivity index (χ3v) is 3.66. The predicted molar refractivity (Wildman–Crippen MR) is 84.4 cm³/mol. The van der Waals surface area contributed by atoms with Crippen LogP contribution in [0.25, 0.3) is 0 Å². The van der Waals surface area contributed by atoms with Gasteiger partial charge < -0.3 is 10.1 Å². The number of piperazine rings is 1. The summed E-state index contributed by atoms with van der Waals surface area (Å²) in [6, 6.07) is 8.17. The Hall–Kier alpha value is -1.65. The largest absolute Gasteiger partial charge is 0.427 e. The number of esters is 1. The summed E-state index contributed by atoms with van der Waals surface area (Å²) in [4.78, 5) is 13.5. The molecule has 1 fully saturated rings. The fourth-order valence-electron chi connectivity index (χ4n) is 2.71. The highest BCUT2D eigenvalue weighted by Gasteiger charge is 2.22. The number of benzene rings is 1. The Labute approximate surface area is 126 Å². The van der Waals surface area contributed by atoms with Gasteiger partial charge in [0.2, 0.25) is 0 Å². The van der Waals surface area contributed by atoms with Gasteiger partial charge in [-0.15, -0.1) is 6.58 Å². The molecule has 1 atom stereocenters. The van der Waals surface area contributed by atoms with E-state index >= 15 is 0 Å². The fourth-order valence-corrected chi connectivity index (χ4v) is 2.71. The molecule has 0 unspecified atom stereocenters. The maximum atomic E-state index is 11.0. The summed E-state index contributed by atoms with van der Waals surface area (Å²) in [7, 11) is 0. The maximum Gasteiger partial charge on any atom is 0.308 e. The van der Waals surface area contributed by atoms with Crippen molar-refractivity contribution in [2.75, 3.05) is 26.2 Å². The fraction of sp³-hybridized carbons (Fsp3) is 0.471. The zero-order valence-electron chi connectivity index (χ0n) is 12.9. The minimum atomic E-state index is -0.289. The molecule has 21 heavy (non-hydrogen) atoms. The van der Waals surface area contributed by atoms with Crippen molar-refractivity contribution in [2.24, 2.45) is 0 Å². The van der Waals surface area contributed by atoms with Crippen molar-refractivity contribution >= 4 is 5.97 Å². The quantitative estimate of drug-likeness (QED) is 0.513. The number of carbonyl (C=O) groups is 1. The van der Waals surface area contributed by atoms with Crippen LogP contribution >= 0.6 is 0 Å². The molecule has 1 aliphatic rings. The molecule has 1 N–H and O–H groups in total. The van der Waals surface area contributed by atoms with E-state index < -0.39 is 0 Å². The van der Waals surface area contributed by atoms with E-state index in [-0.39, 0.29) is 5.97 Å². The van der Waals surface area contributed by atoms with Crippen LogP contribution in [0.5, 0.6) is 5.75 Å². The first-order chi connectivity index (χ1) is 10.1. The monoisotopic (exact) mass is 288 g/mol. The zero-order valence-corrected chi connectivity index (χ0v) is 12.9. The van der Waals surface area contributed by atoms with Crippen LogP contribution in [0, 0.1) is 0 Å². The summed E-state index contributed by atoms with van der Waals surface area (Å²) < 4.78 is 5.10. The molecular weight excluding hydrogens is 264 g/mol. The molecular formula is C17H24N2O2. The lowest BCUT2D eigenvalue weighted by Crippen LogP contribution is -2.45. The Morgan fingerprint density at radius 3 is 2.43 bits per heavy atom. The van der Waals surface area contributed by atoms with Gasteiger partial charge >= 0.3 is 5.97 Å². The molecule has 1 aliphatic heterocycles. The van der Waals surface area contributed by atoms with E-state index in [1.807, 2.05) is 24.3 Å². The van der Waals surface area contributed by atoms with Gasteiger partial charge in [0.1, 0.15) is 5.75 Å². The molecule has 0 aliphatic carbocycles. The standard InChI is InChI=1S/C17H24N2O2/c1-13(2)12-17(19-10-8-18-9-11-19)15-4-6-16(7-5-15)21-14(3)20/h4-7,17-18H,1,8-12H2,2-3H3/t17-/m1/s1. The molecule has 0 bridgehead atoms. The summed E-state index contributed by atoms with van der Waals surface area (Å²) in [6.45, 7) is 11.7. The van der Waals surface area contributed by atoms with Crippen molar-refractivity contribution in [1.29, 1.82) is 0 Å². The highest BCUT2D eigenvalue weighted by molar-refractivity contribution is 5.69. The van der Waals surface area contributed by atoms with Crippen molar-refractivity contribution < 1.29 is 9.53 Å². The van der Waals surface area contributed by atoms with Crippen molar-refractivity contribution in [3.05, 3.63) is 42.0 Å². The number of rotatable bonds is 5. The molecule has 0 saturated carbocycles. The lowest BCUT2D eigenvalue weighted by atomic mass is 9.98. The van der Waals surface area contributed by atoms with Crippen LogP contribution in [0.3, 0.4) is 0 Å². The van der Waals surface area contributed by atoms with E-state index in [1.54, 1.807) is 0 Å². The van der Waals surface area contributed by atoms with Crippen LogP contribution in [0.2, 0.25) is 0 Å². The Morgan fingerprint density at radius 1 is 1.29 bits per heavy atom. The van der Waals surface area contributed by atoms with Gasteiger partial charge in [0.05, 0.1) is 0 Å². The zero-order chi connectivity index (χ0) is 15.2. The van der Waals surface area contributed by atoms with Crippen LogP contribution in [-0.4, -0.2) is 37.0 Å². The SMILES string of the molecule is C=C(C)C[C@H](c1ccc(OC(C)=O)cc1)N1CCNCC1. The third-order valence-electron chi connectivity index (χ3n) is 3.66. The number of ether oxygens (including phenoxy) is 1. The van der Waals surface area contributed by atoms with Gasteiger partial charge in [-0.2, -0.15) is 0 Å². The van der Waals surface area contributed by atoms with Crippen molar-refractivity contribution in [3.63, 3.8) is 0 Å². The molecule has 2 rings (SSSR count). The number of nitrogens with zero attached hydrogens (tertiary/aromatic N) is 1. The summed E-state index contributed by atoms with van der Waals surface area (Å²) in [6.07, 6.45) is 0.951. The van der Waals surface area contributed by atoms with E-state index in [9.17, 15) is 4.79 Å². The van der Waals surface area contributed by atoms with Crippen LogP contribution in [-0.2, 0) is 4.79 Å². The van der Waals surface area contributed by atoms with Crippen molar-refractivity contribution in [2.45, 2.75) is 26.3 Å². The van der Waals surface area contributed by atoms with Crippen LogP contribution in [0.15, 0.2) is 36.4 Å². The highest BCUT2D eigenvalue weighted by Crippen LogP contribution is 2.28. The summed E-state index contributed by atoms with van der Waals surface area (Å²) in [5, 5.41) is 3.38. The lowest BCUT2D eigenvalue weighted by Gasteiger charge is -2.35. The van der Waals surface area contributed by atoms with Gasteiger partial charge in [-0.3, -0.25) is 9.69 Å². The molecule has 0 radical (unpaired) electrons. The minimum Gasteiger partial charge on any atom is -0.427 e. The first-order valence-electron chi connectivity index (χ1n) is 7.44. The van der Waals surface area contributed by atoms with E-state index in [1.165, 1.54) is 18.1 Å². The smallest absolute Gasteiger partial charge is 0.308 e. The number of hydrogen-bond acceptors (Lipinski definition) is 4. The average molecular weight is 288 g/mol. The van der Waals surface area contributed by atoms with E-state index in [4.69, 9.17) is 4.74 Å². The lowest BCUT2D eigenvalue weighted by molar-refractivity contribution is -0.131. The van der Waals surface area contributed by atoms with Crippen molar-refractivity contribution in [3.8, 4) is 5.75 Å². The van der Waals surface area contributed by atoms with Gasteiger partial charge in [0, 0.05) is 39.1 Å². The van der Waals surface area contributed by atoms with Gasteiger partial charge in [-0.05, 0) is 31.0 Å². The highest BCUT2D eigenvalue weighted by atomic mass is 16.5. The van der Waals surface area contributed by atoms with Gasteiger partial charge in [-0.25, -0.2) is 0 Å². The molecule has 1 heterocycles. The molecule has 4 nitrogen and oxygen atoms in total. The Morgan fingerprint density at radius 2 is 1.90 bits per heavy atom. The Balaban J connectivity index is 2.15. The molecule has 114 valence electrons. The van der Waals surface area contributed by atoms with Gasteiger partial charge in [0.15, 0.2) is 0 Å². The number of hydrogen-bond donors (Lipinski definition) is 1. The maximum absolute atomic E-state index is 11.0. The van der Waals surface area contributed by atoms with Gasteiger partial charge in [-0.1, -0.05) is 17.7 Å². The molecule has 1 saturated heterocycles. The van der Waals surface area contributed by atoms with Crippen molar-refractivity contribution in [1.82, 2.24) is 10.2 Å². The first kappa shape index (κ1) is 15.7. The molecule has 4 heteroatoms. The number of nitrogens with one attached hydrogen (secondary N) is 1. The predicted octanol–water partition coefficient (Wildman–Crippen LogP) is 2.52. The average Bonchev–Trinajstić information content (AvgIpc) is 2.46. The molecule has 1 aromatic rings. The molecule has 1 aromatic carbocycles. The van der Waals surface area contributed by atoms with Gasteiger partial charge in [0.25, 0.3) is 0 Å². The van der Waals surface area contributed by atoms with E-state index in [2.05, 4.69) is 23.7 Å². The normalized spacial score (nSPS) is 17.2. The Bertz CT molecular complexity index is 490.